The highest BCUT2D eigenvalue weighted by atomic mass is 35.5. The SMILES string of the molecule is O=C(CCN1CCCC(CN2CCN(c3ccccn3)CC2)C1)Nc1cccc(Cl)c1. The van der Waals surface area contributed by atoms with Crippen molar-refractivity contribution in [2.45, 2.75) is 19.3 Å². The maximum absolute atomic E-state index is 12.3. The van der Waals surface area contributed by atoms with E-state index in [0.29, 0.717) is 17.4 Å². The third-order valence-electron chi connectivity index (χ3n) is 6.23. The summed E-state index contributed by atoms with van der Waals surface area (Å²) in [5.74, 6) is 1.82. The van der Waals surface area contributed by atoms with Crippen LogP contribution in [0.1, 0.15) is 19.3 Å². The summed E-state index contributed by atoms with van der Waals surface area (Å²) in [7, 11) is 0. The van der Waals surface area contributed by atoms with E-state index in [1.165, 1.54) is 12.8 Å². The summed E-state index contributed by atoms with van der Waals surface area (Å²) in [6, 6.07) is 13.4. The van der Waals surface area contributed by atoms with E-state index in [1.807, 2.05) is 30.5 Å². The minimum atomic E-state index is 0.0510. The fraction of sp³-hybridized carbons (Fsp3) is 0.500. The minimum absolute atomic E-state index is 0.0510. The molecule has 2 aliphatic rings. The molecular weight excluding hydrogens is 410 g/mol. The van der Waals surface area contributed by atoms with Crippen LogP contribution in [0.3, 0.4) is 0 Å². The van der Waals surface area contributed by atoms with Crippen LogP contribution in [0.2, 0.25) is 5.02 Å². The van der Waals surface area contributed by atoms with Crippen molar-refractivity contribution in [3.8, 4) is 0 Å². The first-order chi connectivity index (χ1) is 15.2. The molecule has 2 aromatic rings. The summed E-state index contributed by atoms with van der Waals surface area (Å²) in [4.78, 5) is 24.2. The first-order valence-corrected chi connectivity index (χ1v) is 11.7. The largest absolute Gasteiger partial charge is 0.354 e. The molecule has 2 aliphatic heterocycles. The van der Waals surface area contributed by atoms with E-state index in [4.69, 9.17) is 11.6 Å². The Morgan fingerprint density at radius 3 is 2.71 bits per heavy atom. The normalized spacial score (nSPS) is 20.5. The van der Waals surface area contributed by atoms with Crippen molar-refractivity contribution in [1.82, 2.24) is 14.8 Å². The fourth-order valence-corrected chi connectivity index (χ4v) is 4.81. The molecular formula is C24H32ClN5O. The second-order valence-electron chi connectivity index (χ2n) is 8.59. The number of pyridine rings is 1. The van der Waals surface area contributed by atoms with Crippen molar-refractivity contribution in [1.29, 1.82) is 0 Å². The summed E-state index contributed by atoms with van der Waals surface area (Å²) in [5.41, 5.74) is 0.763. The Bertz CT molecular complexity index is 841. The molecule has 1 aromatic carbocycles. The summed E-state index contributed by atoms with van der Waals surface area (Å²) in [6.45, 7) is 8.41. The summed E-state index contributed by atoms with van der Waals surface area (Å²) in [6.07, 6.45) is 4.88. The number of aromatic nitrogens is 1. The predicted octanol–water partition coefficient (Wildman–Crippen LogP) is 3.60. The van der Waals surface area contributed by atoms with E-state index >= 15 is 0 Å². The zero-order chi connectivity index (χ0) is 21.5. The highest BCUT2D eigenvalue weighted by Crippen LogP contribution is 2.20. The Labute approximate surface area is 190 Å². The van der Waals surface area contributed by atoms with E-state index in [1.54, 1.807) is 6.07 Å². The van der Waals surface area contributed by atoms with Gasteiger partial charge < -0.3 is 15.1 Å². The Kier molecular flexibility index (Phi) is 7.78. The molecule has 31 heavy (non-hydrogen) atoms. The number of anilines is 2. The number of carbonyl (C=O) groups is 1. The van der Waals surface area contributed by atoms with Crippen LogP contribution in [-0.4, -0.2) is 73.0 Å². The second-order valence-corrected chi connectivity index (χ2v) is 9.03. The smallest absolute Gasteiger partial charge is 0.225 e. The van der Waals surface area contributed by atoms with Gasteiger partial charge in [-0.05, 0) is 55.6 Å². The Morgan fingerprint density at radius 2 is 1.94 bits per heavy atom. The van der Waals surface area contributed by atoms with Crippen LogP contribution < -0.4 is 10.2 Å². The number of likely N-dealkylation sites (tertiary alicyclic amines) is 1. The quantitative estimate of drug-likeness (QED) is 0.711. The number of amides is 1. The number of benzene rings is 1. The molecule has 0 spiro atoms. The zero-order valence-electron chi connectivity index (χ0n) is 18.0. The molecule has 166 valence electrons. The van der Waals surface area contributed by atoms with Crippen molar-refractivity contribution >= 4 is 29.0 Å². The van der Waals surface area contributed by atoms with E-state index in [2.05, 4.69) is 37.1 Å². The van der Waals surface area contributed by atoms with Gasteiger partial charge >= 0.3 is 0 Å². The number of nitrogens with zero attached hydrogens (tertiary/aromatic N) is 4. The van der Waals surface area contributed by atoms with Gasteiger partial charge in [0, 0.05) is 69.1 Å². The van der Waals surface area contributed by atoms with E-state index < -0.39 is 0 Å². The van der Waals surface area contributed by atoms with Crippen molar-refractivity contribution in [2.75, 3.05) is 62.6 Å². The highest BCUT2D eigenvalue weighted by molar-refractivity contribution is 6.30. The van der Waals surface area contributed by atoms with Gasteiger partial charge in [0.2, 0.25) is 5.91 Å². The Hall–Kier alpha value is -2.15. The number of halogens is 1. The molecule has 6 nitrogen and oxygen atoms in total. The third-order valence-corrected chi connectivity index (χ3v) is 6.46. The standard InChI is InChI=1S/C24H32ClN5O/c25-21-6-3-7-22(17-21)27-24(31)9-12-28-11-4-5-20(18-28)19-29-13-15-30(16-14-29)23-8-1-2-10-26-23/h1-3,6-8,10,17,20H,4-5,9,11-16,18-19H2,(H,27,31). The van der Waals surface area contributed by atoms with Crippen molar-refractivity contribution in [2.24, 2.45) is 5.92 Å². The van der Waals surface area contributed by atoms with Crippen LogP contribution >= 0.6 is 11.6 Å². The van der Waals surface area contributed by atoms with Crippen LogP contribution in [0.25, 0.3) is 0 Å². The van der Waals surface area contributed by atoms with Crippen LogP contribution in [0.4, 0.5) is 11.5 Å². The third kappa shape index (κ3) is 6.66. The minimum Gasteiger partial charge on any atom is -0.354 e. The maximum atomic E-state index is 12.3. The average molecular weight is 442 g/mol. The topological polar surface area (TPSA) is 51.7 Å². The molecule has 1 N–H and O–H groups in total. The first-order valence-electron chi connectivity index (χ1n) is 11.3. The van der Waals surface area contributed by atoms with Gasteiger partial charge in [0.25, 0.3) is 0 Å². The highest BCUT2D eigenvalue weighted by Gasteiger charge is 2.25. The lowest BCUT2D eigenvalue weighted by molar-refractivity contribution is -0.116. The van der Waals surface area contributed by atoms with Crippen molar-refractivity contribution < 1.29 is 4.79 Å². The monoisotopic (exact) mass is 441 g/mol. The molecule has 7 heteroatoms. The molecule has 1 unspecified atom stereocenters. The number of piperazine rings is 1. The predicted molar refractivity (Wildman–Crippen MR) is 127 cm³/mol. The van der Waals surface area contributed by atoms with Gasteiger partial charge in [0.05, 0.1) is 0 Å². The lowest BCUT2D eigenvalue weighted by Gasteiger charge is -2.39. The van der Waals surface area contributed by atoms with Crippen molar-refractivity contribution in [3.63, 3.8) is 0 Å². The molecule has 0 bridgehead atoms. The van der Waals surface area contributed by atoms with Crippen LogP contribution in [-0.2, 0) is 4.79 Å². The summed E-state index contributed by atoms with van der Waals surface area (Å²) in [5, 5.41) is 3.59. The molecule has 0 saturated carbocycles. The van der Waals surface area contributed by atoms with Crippen LogP contribution in [0.15, 0.2) is 48.7 Å². The molecule has 4 rings (SSSR count). The Balaban J connectivity index is 1.17. The van der Waals surface area contributed by atoms with Gasteiger partial charge in [0.1, 0.15) is 5.82 Å². The van der Waals surface area contributed by atoms with Crippen LogP contribution in [0, 0.1) is 5.92 Å². The average Bonchev–Trinajstić information content (AvgIpc) is 2.79. The van der Waals surface area contributed by atoms with E-state index in [0.717, 1.165) is 63.9 Å². The van der Waals surface area contributed by atoms with Gasteiger partial charge in [-0.25, -0.2) is 4.98 Å². The zero-order valence-corrected chi connectivity index (χ0v) is 18.8. The summed E-state index contributed by atoms with van der Waals surface area (Å²) >= 11 is 5.99. The number of hydrogen-bond acceptors (Lipinski definition) is 5. The van der Waals surface area contributed by atoms with Crippen molar-refractivity contribution in [3.05, 3.63) is 53.7 Å². The molecule has 0 radical (unpaired) electrons. The van der Waals surface area contributed by atoms with Gasteiger partial charge in [-0.15, -0.1) is 0 Å². The molecule has 1 amide bonds. The van der Waals surface area contributed by atoms with Gasteiger partial charge in [-0.3, -0.25) is 9.69 Å². The van der Waals surface area contributed by atoms with Gasteiger partial charge in [-0.1, -0.05) is 23.7 Å². The molecule has 3 heterocycles. The maximum Gasteiger partial charge on any atom is 0.225 e. The lowest BCUT2D eigenvalue weighted by Crippen LogP contribution is -2.50. The first kappa shape index (κ1) is 22.1. The molecule has 2 saturated heterocycles. The summed E-state index contributed by atoms with van der Waals surface area (Å²) < 4.78 is 0. The number of piperidine rings is 1. The Morgan fingerprint density at radius 1 is 1.06 bits per heavy atom. The second kappa shape index (κ2) is 10.9. The number of nitrogens with one attached hydrogen (secondary N) is 1. The van der Waals surface area contributed by atoms with Gasteiger partial charge in [-0.2, -0.15) is 0 Å². The molecule has 2 fully saturated rings. The molecule has 1 aromatic heterocycles. The lowest BCUT2D eigenvalue weighted by atomic mass is 9.97. The van der Waals surface area contributed by atoms with Crippen LogP contribution in [0.5, 0.6) is 0 Å². The molecule has 0 aliphatic carbocycles. The van der Waals surface area contributed by atoms with Gasteiger partial charge in [0.15, 0.2) is 0 Å². The molecule has 1 atom stereocenters. The number of carbonyl (C=O) groups excluding carboxylic acids is 1. The van der Waals surface area contributed by atoms with E-state index in [9.17, 15) is 4.79 Å². The fourth-order valence-electron chi connectivity index (χ4n) is 4.62. The number of hydrogen-bond donors (Lipinski definition) is 1. The van der Waals surface area contributed by atoms with E-state index in [-0.39, 0.29) is 5.91 Å². The number of rotatable bonds is 7.